The minimum atomic E-state index is -1.42. The molecular weight excluding hydrogens is 823 g/mol. The topological polar surface area (TPSA) is 188 Å². The summed E-state index contributed by atoms with van der Waals surface area (Å²) in [6.07, 6.45) is -0.319. The van der Waals surface area contributed by atoms with Crippen LogP contribution in [0.25, 0.3) is 0 Å². The molecule has 14 atom stereocenters. The number of ether oxygens (including phenoxy) is 6. The summed E-state index contributed by atoms with van der Waals surface area (Å²) in [5.41, 5.74) is -2.00. The van der Waals surface area contributed by atoms with E-state index in [9.17, 15) is 24.3 Å². The molecule has 356 valence electrons. The third-order valence-electron chi connectivity index (χ3n) is 13.7. The van der Waals surface area contributed by atoms with Crippen molar-refractivity contribution in [1.29, 1.82) is 0 Å². The molecule has 0 aliphatic carbocycles. The van der Waals surface area contributed by atoms with Gasteiger partial charge in [0.2, 0.25) is 0 Å². The zero-order valence-electron chi connectivity index (χ0n) is 39.7. The molecule has 1 unspecified atom stereocenters. The summed E-state index contributed by atoms with van der Waals surface area (Å²) in [7, 11) is 5.29. The number of nitrogens with one attached hydrogen (secondary N) is 1. The number of aliphatic hydroxyl groups is 1. The second-order valence-electron chi connectivity index (χ2n) is 18.7. The Hall–Kier alpha value is -4.22. The summed E-state index contributed by atoms with van der Waals surface area (Å²) in [6, 6.07) is 9.98. The van der Waals surface area contributed by atoms with Crippen LogP contribution >= 0.6 is 0 Å². The fourth-order valence-electron chi connectivity index (χ4n) is 10.1. The second-order valence-corrected chi connectivity index (χ2v) is 18.7. The number of likely N-dealkylation sites (N-methyl/N-ethyl adjacent to an activating group) is 1. The first kappa shape index (κ1) is 50.8. The van der Waals surface area contributed by atoms with E-state index in [0.717, 1.165) is 5.82 Å². The fourth-order valence-corrected chi connectivity index (χ4v) is 10.1. The summed E-state index contributed by atoms with van der Waals surface area (Å²) >= 11 is 0. The van der Waals surface area contributed by atoms with Crippen LogP contribution in [0, 0.1) is 23.7 Å². The maximum atomic E-state index is 14.9. The molecule has 3 fully saturated rings. The van der Waals surface area contributed by atoms with Crippen LogP contribution in [0.1, 0.15) is 99.6 Å². The molecule has 2 aromatic rings. The zero-order chi connectivity index (χ0) is 46.9. The molecule has 3 aliphatic rings. The van der Waals surface area contributed by atoms with Crippen LogP contribution in [-0.4, -0.2) is 143 Å². The van der Waals surface area contributed by atoms with Gasteiger partial charge in [0.15, 0.2) is 11.9 Å². The zero-order valence-corrected chi connectivity index (χ0v) is 39.7. The van der Waals surface area contributed by atoms with E-state index in [1.807, 2.05) is 83.9 Å². The van der Waals surface area contributed by atoms with Gasteiger partial charge in [-0.3, -0.25) is 19.4 Å². The number of hydrogen-bond donors (Lipinski definition) is 2. The number of pyridine rings is 2. The first-order valence-electron chi connectivity index (χ1n) is 23.0. The lowest BCUT2D eigenvalue weighted by atomic mass is 9.73. The van der Waals surface area contributed by atoms with Crippen LogP contribution in [0.5, 0.6) is 0 Å². The number of ketones is 1. The molecular formula is C48H73N5O11. The van der Waals surface area contributed by atoms with Gasteiger partial charge in [-0.25, -0.2) is 9.78 Å². The van der Waals surface area contributed by atoms with E-state index in [4.69, 9.17) is 28.4 Å². The molecule has 5 rings (SSSR count). The molecule has 2 N–H and O–H groups in total. The van der Waals surface area contributed by atoms with Crippen LogP contribution in [0.15, 0.2) is 48.8 Å². The number of methoxy groups -OCH3 is 1. The van der Waals surface area contributed by atoms with Gasteiger partial charge in [0.1, 0.15) is 29.9 Å². The molecule has 1 amide bonds. The van der Waals surface area contributed by atoms with Crippen LogP contribution < -0.4 is 5.32 Å². The van der Waals surface area contributed by atoms with Crippen LogP contribution in [0.2, 0.25) is 0 Å². The molecule has 0 saturated carbocycles. The number of carbonyl (C=O) groups excluding carboxylic acids is 4. The van der Waals surface area contributed by atoms with Crippen molar-refractivity contribution in [2.24, 2.45) is 23.7 Å². The van der Waals surface area contributed by atoms with Crippen molar-refractivity contribution in [3.63, 3.8) is 0 Å². The average molecular weight is 896 g/mol. The highest BCUT2D eigenvalue weighted by molar-refractivity contribution is 5.85. The number of fused-ring (bicyclic) bond motifs is 1. The molecule has 0 radical (unpaired) electrons. The Labute approximate surface area is 379 Å². The van der Waals surface area contributed by atoms with E-state index < -0.39 is 89.7 Å². The number of esters is 2. The number of amides is 1. The highest BCUT2D eigenvalue weighted by Crippen LogP contribution is 2.44. The lowest BCUT2D eigenvalue weighted by Crippen LogP contribution is -2.61. The van der Waals surface area contributed by atoms with E-state index in [2.05, 4.69) is 15.3 Å². The SMILES string of the molecule is CC[C@@H]1OC(=O)[C@H](C)[C@H](OC(=O)CCc2ccccn2)[C@@H](C)[C@@H](OC2O[C@H](C)C[C@H](N(C)C)[C@H]2O)[C@](C)(OC)C[C@@H](C)C(=O)[C@@H](C)[C@@H]2N(CCCCNc3ccccn3)C(=O)O[C@]12C. The largest absolute Gasteiger partial charge is 0.461 e. The van der Waals surface area contributed by atoms with Crippen molar-refractivity contribution in [2.75, 3.05) is 39.6 Å². The molecule has 0 spiro atoms. The van der Waals surface area contributed by atoms with Gasteiger partial charge in [-0.05, 0) is 98.2 Å². The molecule has 5 heterocycles. The van der Waals surface area contributed by atoms with Crippen molar-refractivity contribution in [1.82, 2.24) is 19.8 Å². The maximum absolute atomic E-state index is 14.9. The molecule has 2 aromatic heterocycles. The summed E-state index contributed by atoms with van der Waals surface area (Å²) in [4.78, 5) is 69.6. The molecule has 64 heavy (non-hydrogen) atoms. The number of aromatic nitrogens is 2. The second kappa shape index (κ2) is 22.3. The molecule has 0 bridgehead atoms. The van der Waals surface area contributed by atoms with E-state index in [-0.39, 0.29) is 37.2 Å². The highest BCUT2D eigenvalue weighted by Gasteiger charge is 2.60. The van der Waals surface area contributed by atoms with Crippen molar-refractivity contribution in [3.05, 3.63) is 54.5 Å². The molecule has 16 nitrogen and oxygen atoms in total. The average Bonchev–Trinajstić information content (AvgIpc) is 3.54. The lowest BCUT2D eigenvalue weighted by Gasteiger charge is -2.48. The van der Waals surface area contributed by atoms with Gasteiger partial charge < -0.3 is 48.6 Å². The molecule has 0 aromatic carbocycles. The van der Waals surface area contributed by atoms with Gasteiger partial charge in [-0.15, -0.1) is 0 Å². The smallest absolute Gasteiger partial charge is 0.410 e. The van der Waals surface area contributed by atoms with E-state index in [1.54, 1.807) is 44.1 Å². The standard InChI is InChI=1S/C48H73N5O11/c1-12-36-48(8)42(53(46(58)64-48)26-18-17-25-51-37-20-14-16-24-50-37)31(4)39(55)29(2)28-47(7,59-11)43(63-45-40(56)35(52(9)10)27-30(3)60-45)32(5)41(33(6)44(57)61-36)62-38(54)22-21-34-19-13-15-23-49-34/h13-16,19-20,23-24,29-33,35-36,40-43,45,56H,12,17-18,21-22,25-28H2,1-11H3,(H,50,51)/t29-,30-,31-,32-,33-,35+,36+,40-,41-,42+,43-,45?,47-,48-/m1/s1. The number of unbranched alkanes of at least 4 members (excludes halogenated alkanes) is 1. The summed E-state index contributed by atoms with van der Waals surface area (Å²) < 4.78 is 38.5. The molecule has 3 aliphatic heterocycles. The summed E-state index contributed by atoms with van der Waals surface area (Å²) in [5.74, 6) is -3.93. The maximum Gasteiger partial charge on any atom is 0.410 e. The Morgan fingerprint density at radius 3 is 2.33 bits per heavy atom. The fraction of sp³-hybridized carbons (Fsp3) is 0.708. The van der Waals surface area contributed by atoms with Crippen molar-refractivity contribution >= 4 is 29.6 Å². The van der Waals surface area contributed by atoms with Crippen molar-refractivity contribution in [3.8, 4) is 0 Å². The lowest BCUT2D eigenvalue weighted by molar-refractivity contribution is -0.301. The Bertz CT molecular complexity index is 1840. The van der Waals surface area contributed by atoms with Crippen LogP contribution in [-0.2, 0) is 49.2 Å². The van der Waals surface area contributed by atoms with E-state index >= 15 is 0 Å². The number of rotatable bonds is 15. The van der Waals surface area contributed by atoms with Gasteiger partial charge in [0.25, 0.3) is 0 Å². The number of cyclic esters (lactones) is 1. The predicted octanol–water partition coefficient (Wildman–Crippen LogP) is 5.85. The Kier molecular flexibility index (Phi) is 17.7. The van der Waals surface area contributed by atoms with Gasteiger partial charge in [0, 0.05) is 68.5 Å². The van der Waals surface area contributed by atoms with Crippen LogP contribution in [0.4, 0.5) is 10.6 Å². The summed E-state index contributed by atoms with van der Waals surface area (Å²) in [5, 5.41) is 15.0. The quantitative estimate of drug-likeness (QED) is 0.123. The number of aliphatic hydroxyl groups excluding tert-OH is 1. The van der Waals surface area contributed by atoms with Crippen LogP contribution in [0.3, 0.4) is 0 Å². The third kappa shape index (κ3) is 11.8. The number of hydrogen-bond acceptors (Lipinski definition) is 15. The van der Waals surface area contributed by atoms with Crippen molar-refractivity contribution in [2.45, 2.75) is 160 Å². The first-order chi connectivity index (χ1) is 30.3. The normalized spacial score (nSPS) is 35.3. The Morgan fingerprint density at radius 1 is 1.00 bits per heavy atom. The van der Waals surface area contributed by atoms with Gasteiger partial charge in [-0.1, -0.05) is 39.8 Å². The Balaban J connectivity index is 1.53. The minimum Gasteiger partial charge on any atom is -0.461 e. The molecule has 16 heteroatoms. The van der Waals surface area contributed by atoms with Gasteiger partial charge in [0.05, 0.1) is 36.2 Å². The number of Topliss-reactive ketones (excluding diaryl/α,β-unsaturated/α-hetero) is 1. The van der Waals surface area contributed by atoms with E-state index in [0.29, 0.717) is 44.5 Å². The highest BCUT2D eigenvalue weighted by atomic mass is 16.7. The number of aryl methyl sites for hydroxylation is 1. The first-order valence-corrected chi connectivity index (χ1v) is 23.0. The number of anilines is 1. The van der Waals surface area contributed by atoms with Crippen molar-refractivity contribution < 1.29 is 52.7 Å². The minimum absolute atomic E-state index is 0.0205. The van der Waals surface area contributed by atoms with Gasteiger partial charge >= 0.3 is 18.0 Å². The predicted molar refractivity (Wildman–Crippen MR) is 239 cm³/mol. The third-order valence-corrected chi connectivity index (χ3v) is 13.7. The number of nitrogens with zero attached hydrogens (tertiary/aromatic N) is 4. The Morgan fingerprint density at radius 2 is 1.70 bits per heavy atom. The summed E-state index contributed by atoms with van der Waals surface area (Å²) in [6.45, 7) is 15.3. The number of carbonyl (C=O) groups is 4. The van der Waals surface area contributed by atoms with E-state index in [1.165, 1.54) is 7.11 Å². The monoisotopic (exact) mass is 896 g/mol. The van der Waals surface area contributed by atoms with Gasteiger partial charge in [-0.2, -0.15) is 0 Å². The molecule has 3 saturated heterocycles.